The van der Waals surface area contributed by atoms with Gasteiger partial charge in [0, 0.05) is 27.2 Å². The summed E-state index contributed by atoms with van der Waals surface area (Å²) in [6, 6.07) is 0. The van der Waals surface area contributed by atoms with Crippen molar-refractivity contribution in [3.63, 3.8) is 0 Å². The van der Waals surface area contributed by atoms with Crippen LogP contribution in [0.25, 0.3) is 11.2 Å². The molecule has 1 fully saturated rings. The van der Waals surface area contributed by atoms with Gasteiger partial charge in [0.25, 0.3) is 11.5 Å². The highest BCUT2D eigenvalue weighted by Gasteiger charge is 2.26. The number of carbonyl (C=O) groups excluding carboxylic acids is 2. The number of likely N-dealkylation sites (tertiary alicyclic amines) is 1. The lowest BCUT2D eigenvalue weighted by Crippen LogP contribution is -2.39. The number of aromatic nitrogens is 4. The Morgan fingerprint density at radius 2 is 1.85 bits per heavy atom. The zero-order valence-corrected chi connectivity index (χ0v) is 15.0. The van der Waals surface area contributed by atoms with Crippen molar-refractivity contribution in [3.05, 3.63) is 27.2 Å². The molecule has 2 aromatic rings. The van der Waals surface area contributed by atoms with Crippen LogP contribution in [0.4, 0.5) is 0 Å². The molecule has 1 saturated heterocycles. The van der Waals surface area contributed by atoms with Crippen molar-refractivity contribution >= 4 is 23.0 Å². The second kappa shape index (κ2) is 6.77. The molecule has 26 heavy (non-hydrogen) atoms. The van der Waals surface area contributed by atoms with Gasteiger partial charge in [-0.3, -0.25) is 23.5 Å². The third-order valence-corrected chi connectivity index (χ3v) is 4.59. The van der Waals surface area contributed by atoms with Crippen LogP contribution in [-0.2, 0) is 35.0 Å². The van der Waals surface area contributed by atoms with E-state index in [1.807, 2.05) is 0 Å². The molecule has 1 aliphatic rings. The lowest BCUT2D eigenvalue weighted by Gasteiger charge is -2.20. The fraction of sp³-hybridized carbons (Fsp3) is 0.562. The lowest BCUT2D eigenvalue weighted by atomic mass is 10.3. The fourth-order valence-electron chi connectivity index (χ4n) is 3.14. The number of fused-ring (bicyclic) bond motifs is 1. The number of amides is 1. The number of ether oxygens (including phenoxy) is 1. The minimum Gasteiger partial charge on any atom is -0.451 e. The summed E-state index contributed by atoms with van der Waals surface area (Å²) in [5, 5.41) is 0. The van der Waals surface area contributed by atoms with Crippen molar-refractivity contribution in [2.45, 2.75) is 32.4 Å². The highest BCUT2D eigenvalue weighted by molar-refractivity contribution is 5.84. The summed E-state index contributed by atoms with van der Waals surface area (Å²) >= 11 is 0. The molecule has 2 aromatic heterocycles. The summed E-state index contributed by atoms with van der Waals surface area (Å²) in [6.07, 6.45) is 2.33. The number of carbonyl (C=O) groups is 2. The fourth-order valence-corrected chi connectivity index (χ4v) is 3.14. The number of hydrogen-bond donors (Lipinski definition) is 0. The van der Waals surface area contributed by atoms with Crippen molar-refractivity contribution in [2.75, 3.05) is 13.1 Å². The highest BCUT2D eigenvalue weighted by atomic mass is 16.5. The maximum Gasteiger partial charge on any atom is 0.332 e. The first-order chi connectivity index (χ1) is 12.3. The molecular formula is C16H21N5O5. The van der Waals surface area contributed by atoms with Crippen LogP contribution in [0, 0.1) is 0 Å². The highest BCUT2D eigenvalue weighted by Crippen LogP contribution is 2.11. The number of esters is 1. The number of aryl methyl sites for hydroxylation is 1. The molecule has 10 nitrogen and oxygen atoms in total. The Bertz CT molecular complexity index is 979. The number of nitrogens with zero attached hydrogens (tertiary/aromatic N) is 5. The summed E-state index contributed by atoms with van der Waals surface area (Å²) in [4.78, 5) is 54.4. The van der Waals surface area contributed by atoms with Gasteiger partial charge in [0.2, 0.25) is 0 Å². The van der Waals surface area contributed by atoms with Gasteiger partial charge in [0.15, 0.2) is 17.3 Å². The summed E-state index contributed by atoms with van der Waals surface area (Å²) < 4.78 is 8.72. The van der Waals surface area contributed by atoms with Crippen molar-refractivity contribution in [1.29, 1.82) is 0 Å². The normalized spacial score (nSPS) is 15.4. The van der Waals surface area contributed by atoms with Gasteiger partial charge in [-0.15, -0.1) is 0 Å². The van der Waals surface area contributed by atoms with E-state index in [1.165, 1.54) is 36.5 Å². The molecular weight excluding hydrogens is 342 g/mol. The molecule has 10 heteroatoms. The summed E-state index contributed by atoms with van der Waals surface area (Å²) in [7, 11) is 2.85. The first-order valence-corrected chi connectivity index (χ1v) is 8.40. The molecule has 0 spiro atoms. The quantitative estimate of drug-likeness (QED) is 0.644. The van der Waals surface area contributed by atoms with Crippen LogP contribution in [0.15, 0.2) is 15.9 Å². The zero-order chi connectivity index (χ0) is 19.0. The van der Waals surface area contributed by atoms with Crippen molar-refractivity contribution in [1.82, 2.24) is 23.6 Å². The first kappa shape index (κ1) is 17.9. The van der Waals surface area contributed by atoms with E-state index in [4.69, 9.17) is 4.74 Å². The molecule has 0 aliphatic carbocycles. The number of rotatable bonds is 4. The lowest BCUT2D eigenvalue weighted by molar-refractivity contribution is -0.159. The Morgan fingerprint density at radius 3 is 2.50 bits per heavy atom. The SMILES string of the molecule is CC(OC(=O)Cn1cnc2c1c(=O)n(C)c(=O)n2C)C(=O)N1CCCC1. The predicted octanol–water partition coefficient (Wildman–Crippen LogP) is -1.01. The second-order valence-electron chi connectivity index (χ2n) is 6.41. The molecule has 140 valence electrons. The predicted molar refractivity (Wildman–Crippen MR) is 91.6 cm³/mol. The maximum absolute atomic E-state index is 12.3. The van der Waals surface area contributed by atoms with E-state index in [0.29, 0.717) is 13.1 Å². The molecule has 0 N–H and O–H groups in total. The molecule has 0 saturated carbocycles. The Morgan fingerprint density at radius 1 is 1.19 bits per heavy atom. The van der Waals surface area contributed by atoms with Crippen LogP contribution < -0.4 is 11.2 Å². The Hall–Kier alpha value is -2.91. The zero-order valence-electron chi connectivity index (χ0n) is 15.0. The topological polar surface area (TPSA) is 108 Å². The Kier molecular flexibility index (Phi) is 4.66. The summed E-state index contributed by atoms with van der Waals surface area (Å²) in [6.45, 7) is 2.61. The van der Waals surface area contributed by atoms with Gasteiger partial charge in [0.1, 0.15) is 6.54 Å². The Labute approximate surface area is 148 Å². The van der Waals surface area contributed by atoms with E-state index in [1.54, 1.807) is 4.90 Å². The van der Waals surface area contributed by atoms with E-state index in [9.17, 15) is 19.2 Å². The minimum absolute atomic E-state index is 0.130. The molecule has 3 rings (SSSR count). The smallest absolute Gasteiger partial charge is 0.332 e. The minimum atomic E-state index is -0.887. The number of imidazole rings is 1. The van der Waals surface area contributed by atoms with E-state index >= 15 is 0 Å². The Balaban J connectivity index is 1.79. The van der Waals surface area contributed by atoms with Crippen LogP contribution in [0.1, 0.15) is 19.8 Å². The van der Waals surface area contributed by atoms with Crippen LogP contribution >= 0.6 is 0 Å². The monoisotopic (exact) mass is 363 g/mol. The molecule has 0 bridgehead atoms. The third kappa shape index (κ3) is 3.02. The largest absolute Gasteiger partial charge is 0.451 e. The van der Waals surface area contributed by atoms with E-state index < -0.39 is 23.3 Å². The molecule has 1 unspecified atom stereocenters. The van der Waals surface area contributed by atoms with Gasteiger partial charge in [-0.25, -0.2) is 9.78 Å². The van der Waals surface area contributed by atoms with E-state index in [0.717, 1.165) is 17.4 Å². The first-order valence-electron chi connectivity index (χ1n) is 8.40. The van der Waals surface area contributed by atoms with Gasteiger partial charge in [-0.1, -0.05) is 0 Å². The third-order valence-electron chi connectivity index (χ3n) is 4.59. The van der Waals surface area contributed by atoms with E-state index in [-0.39, 0.29) is 23.6 Å². The summed E-state index contributed by atoms with van der Waals surface area (Å²) in [5.41, 5.74) is -0.730. The van der Waals surface area contributed by atoms with Gasteiger partial charge in [0.05, 0.1) is 6.33 Å². The van der Waals surface area contributed by atoms with E-state index in [2.05, 4.69) is 4.98 Å². The standard InChI is InChI=1S/C16H21N5O5/c1-10(14(23)20-6-4-5-7-20)26-11(22)8-21-9-17-13-12(21)15(24)19(3)16(25)18(13)2/h9-10H,4-8H2,1-3H3. The maximum atomic E-state index is 12.3. The van der Waals surface area contributed by atoms with Crippen LogP contribution in [-0.4, -0.2) is 54.7 Å². The van der Waals surface area contributed by atoms with Gasteiger partial charge in [-0.05, 0) is 19.8 Å². The molecule has 0 radical (unpaired) electrons. The van der Waals surface area contributed by atoms with Crippen molar-refractivity contribution in [2.24, 2.45) is 14.1 Å². The van der Waals surface area contributed by atoms with Crippen LogP contribution in [0.2, 0.25) is 0 Å². The average molecular weight is 363 g/mol. The van der Waals surface area contributed by atoms with Crippen LogP contribution in [0.3, 0.4) is 0 Å². The van der Waals surface area contributed by atoms with Gasteiger partial charge >= 0.3 is 11.7 Å². The molecule has 1 aliphatic heterocycles. The van der Waals surface area contributed by atoms with Crippen LogP contribution in [0.5, 0.6) is 0 Å². The van der Waals surface area contributed by atoms with Gasteiger partial charge < -0.3 is 14.2 Å². The van der Waals surface area contributed by atoms with Crippen molar-refractivity contribution in [3.8, 4) is 0 Å². The molecule has 3 heterocycles. The van der Waals surface area contributed by atoms with Gasteiger partial charge in [-0.2, -0.15) is 0 Å². The number of hydrogen-bond acceptors (Lipinski definition) is 6. The molecule has 1 atom stereocenters. The molecule has 0 aromatic carbocycles. The van der Waals surface area contributed by atoms with Crippen molar-refractivity contribution < 1.29 is 14.3 Å². The average Bonchev–Trinajstić information content (AvgIpc) is 3.27. The molecule has 1 amide bonds. The second-order valence-corrected chi connectivity index (χ2v) is 6.41. The summed E-state index contributed by atoms with van der Waals surface area (Å²) in [5.74, 6) is -0.870.